The van der Waals surface area contributed by atoms with Crippen molar-refractivity contribution in [2.24, 2.45) is 0 Å². The average molecular weight is 232 g/mol. The summed E-state index contributed by atoms with van der Waals surface area (Å²) in [6.45, 7) is 2.25. The van der Waals surface area contributed by atoms with E-state index in [1.54, 1.807) is 24.0 Å². The Hall–Kier alpha value is -0.550. The molecule has 0 spiro atoms. The molecular formula is C9H12O3S2. The monoisotopic (exact) mass is 232 g/mol. The van der Waals surface area contributed by atoms with Gasteiger partial charge in [0.1, 0.15) is 11.5 Å². The molecule has 0 N–H and O–H groups in total. The van der Waals surface area contributed by atoms with Gasteiger partial charge in [0.05, 0.1) is 18.6 Å². The van der Waals surface area contributed by atoms with E-state index in [1.165, 1.54) is 10.8 Å². The van der Waals surface area contributed by atoms with E-state index in [0.717, 1.165) is 11.5 Å². The molecule has 0 radical (unpaired) electrons. The first-order valence-corrected chi connectivity index (χ1v) is 6.74. The molecule has 0 atom stereocenters. The molecule has 1 aromatic heterocycles. The molecule has 1 rings (SSSR count). The van der Waals surface area contributed by atoms with Crippen LogP contribution in [0.25, 0.3) is 0 Å². The highest BCUT2D eigenvalue weighted by Crippen LogP contribution is 2.25. The van der Waals surface area contributed by atoms with Crippen LogP contribution in [0.15, 0.2) is 22.8 Å². The first-order chi connectivity index (χ1) is 6.83. The van der Waals surface area contributed by atoms with Gasteiger partial charge < -0.3 is 9.15 Å². The van der Waals surface area contributed by atoms with E-state index in [4.69, 9.17) is 9.15 Å². The van der Waals surface area contributed by atoms with E-state index >= 15 is 0 Å². The minimum atomic E-state index is -0.163. The fourth-order valence-electron chi connectivity index (χ4n) is 0.787. The van der Waals surface area contributed by atoms with Gasteiger partial charge in [-0.1, -0.05) is 21.6 Å². The van der Waals surface area contributed by atoms with Crippen molar-refractivity contribution in [2.45, 2.75) is 12.7 Å². The molecule has 78 valence electrons. The molecule has 0 aliphatic heterocycles. The van der Waals surface area contributed by atoms with E-state index in [-0.39, 0.29) is 5.97 Å². The highest BCUT2D eigenvalue weighted by molar-refractivity contribution is 8.76. The fourth-order valence-corrected chi connectivity index (χ4v) is 2.55. The zero-order valence-corrected chi connectivity index (χ0v) is 9.53. The van der Waals surface area contributed by atoms with Crippen molar-refractivity contribution in [3.05, 3.63) is 24.2 Å². The summed E-state index contributed by atoms with van der Waals surface area (Å²) >= 11 is 0. The minimum absolute atomic E-state index is 0.163. The van der Waals surface area contributed by atoms with Gasteiger partial charge >= 0.3 is 5.97 Å². The number of hydrogen-bond acceptors (Lipinski definition) is 5. The first kappa shape index (κ1) is 11.5. The zero-order chi connectivity index (χ0) is 10.2. The molecular weight excluding hydrogens is 220 g/mol. The number of rotatable bonds is 6. The number of carbonyl (C=O) groups is 1. The van der Waals surface area contributed by atoms with Crippen LogP contribution in [0.4, 0.5) is 0 Å². The summed E-state index contributed by atoms with van der Waals surface area (Å²) in [5.74, 6) is 1.92. The zero-order valence-electron chi connectivity index (χ0n) is 7.89. The van der Waals surface area contributed by atoms with Gasteiger partial charge in [0.25, 0.3) is 0 Å². The van der Waals surface area contributed by atoms with Crippen molar-refractivity contribution < 1.29 is 13.9 Å². The molecule has 0 unspecified atom stereocenters. The third-order valence-corrected chi connectivity index (χ3v) is 3.48. The molecule has 0 saturated heterocycles. The summed E-state index contributed by atoms with van der Waals surface area (Å²) in [7, 11) is 3.07. The first-order valence-electron chi connectivity index (χ1n) is 4.25. The molecule has 0 amide bonds. The number of furan rings is 1. The predicted octanol–water partition coefficient (Wildman–Crippen LogP) is 2.72. The highest BCUT2D eigenvalue weighted by Gasteiger charge is 2.02. The SMILES string of the molecule is CCOC(=O)CSSCc1ccco1. The van der Waals surface area contributed by atoms with Gasteiger partial charge in [-0.3, -0.25) is 4.79 Å². The number of ether oxygens (including phenoxy) is 1. The standard InChI is InChI=1S/C9H12O3S2/c1-2-11-9(10)7-14-13-6-8-4-3-5-12-8/h3-5H,2,6-7H2,1H3. The fraction of sp³-hybridized carbons (Fsp3) is 0.444. The Kier molecular flexibility index (Phi) is 5.63. The van der Waals surface area contributed by atoms with Crippen LogP contribution in [0.2, 0.25) is 0 Å². The van der Waals surface area contributed by atoms with E-state index in [9.17, 15) is 4.79 Å². The van der Waals surface area contributed by atoms with Crippen molar-refractivity contribution >= 4 is 27.6 Å². The third kappa shape index (κ3) is 4.62. The van der Waals surface area contributed by atoms with Crippen LogP contribution in [-0.4, -0.2) is 18.3 Å². The lowest BCUT2D eigenvalue weighted by atomic mass is 10.5. The van der Waals surface area contributed by atoms with Crippen LogP contribution < -0.4 is 0 Å². The molecule has 5 heteroatoms. The second-order valence-corrected chi connectivity index (χ2v) is 4.87. The second-order valence-electron chi connectivity index (χ2n) is 2.41. The molecule has 1 aromatic rings. The number of hydrogen-bond donors (Lipinski definition) is 0. The van der Waals surface area contributed by atoms with Crippen LogP contribution in [0, 0.1) is 0 Å². The Morgan fingerprint density at radius 2 is 2.43 bits per heavy atom. The van der Waals surface area contributed by atoms with E-state index in [0.29, 0.717) is 12.4 Å². The molecule has 0 fully saturated rings. The van der Waals surface area contributed by atoms with E-state index in [1.807, 2.05) is 12.1 Å². The lowest BCUT2D eigenvalue weighted by Crippen LogP contribution is -2.05. The van der Waals surface area contributed by atoms with Gasteiger partial charge in [-0.05, 0) is 19.1 Å². The van der Waals surface area contributed by atoms with E-state index < -0.39 is 0 Å². The second kappa shape index (κ2) is 6.84. The smallest absolute Gasteiger partial charge is 0.316 e. The Labute approximate surface area is 91.0 Å². The predicted molar refractivity (Wildman–Crippen MR) is 59.1 cm³/mol. The average Bonchev–Trinajstić information content (AvgIpc) is 2.65. The summed E-state index contributed by atoms with van der Waals surface area (Å²) in [5.41, 5.74) is 0. The van der Waals surface area contributed by atoms with Gasteiger partial charge in [-0.15, -0.1) is 0 Å². The summed E-state index contributed by atoms with van der Waals surface area (Å²) in [6.07, 6.45) is 1.64. The van der Waals surface area contributed by atoms with Crippen LogP contribution >= 0.6 is 21.6 Å². The van der Waals surface area contributed by atoms with Crippen LogP contribution in [-0.2, 0) is 15.3 Å². The third-order valence-electron chi connectivity index (χ3n) is 1.35. The molecule has 3 nitrogen and oxygen atoms in total. The highest BCUT2D eigenvalue weighted by atomic mass is 33.1. The Bertz CT molecular complexity index is 259. The van der Waals surface area contributed by atoms with Gasteiger partial charge in [0.2, 0.25) is 0 Å². The molecule has 0 aliphatic carbocycles. The largest absolute Gasteiger partial charge is 0.468 e. The maximum Gasteiger partial charge on any atom is 0.316 e. The Morgan fingerprint density at radius 3 is 3.07 bits per heavy atom. The normalized spacial score (nSPS) is 10.1. The summed E-state index contributed by atoms with van der Waals surface area (Å²) < 4.78 is 9.92. The van der Waals surface area contributed by atoms with Crippen LogP contribution in [0.1, 0.15) is 12.7 Å². The molecule has 0 bridgehead atoms. The van der Waals surface area contributed by atoms with Crippen molar-refractivity contribution in [3.8, 4) is 0 Å². The van der Waals surface area contributed by atoms with Gasteiger partial charge in [-0.25, -0.2) is 0 Å². The molecule has 0 saturated carbocycles. The summed E-state index contributed by atoms with van der Waals surface area (Å²) in [6, 6.07) is 3.77. The number of carbonyl (C=O) groups excluding carboxylic acids is 1. The quantitative estimate of drug-likeness (QED) is 0.428. The summed E-state index contributed by atoms with van der Waals surface area (Å²) in [5, 5.41) is 0. The van der Waals surface area contributed by atoms with Crippen molar-refractivity contribution in [2.75, 3.05) is 12.4 Å². The number of esters is 1. The van der Waals surface area contributed by atoms with Crippen molar-refractivity contribution in [1.29, 1.82) is 0 Å². The Morgan fingerprint density at radius 1 is 1.57 bits per heavy atom. The van der Waals surface area contributed by atoms with Gasteiger partial charge in [0.15, 0.2) is 0 Å². The Balaban J connectivity index is 2.02. The topological polar surface area (TPSA) is 39.4 Å². The maximum absolute atomic E-state index is 10.9. The van der Waals surface area contributed by atoms with Crippen LogP contribution in [0.5, 0.6) is 0 Å². The molecule has 1 heterocycles. The van der Waals surface area contributed by atoms with Gasteiger partial charge in [-0.2, -0.15) is 0 Å². The van der Waals surface area contributed by atoms with Crippen molar-refractivity contribution in [1.82, 2.24) is 0 Å². The van der Waals surface area contributed by atoms with Crippen LogP contribution in [0.3, 0.4) is 0 Å². The van der Waals surface area contributed by atoms with Crippen molar-refractivity contribution in [3.63, 3.8) is 0 Å². The lowest BCUT2D eigenvalue weighted by Gasteiger charge is -1.99. The lowest BCUT2D eigenvalue weighted by molar-refractivity contribution is -0.139. The maximum atomic E-state index is 10.9. The molecule has 0 aliphatic rings. The van der Waals surface area contributed by atoms with Gasteiger partial charge in [0, 0.05) is 0 Å². The summed E-state index contributed by atoms with van der Waals surface area (Å²) in [4.78, 5) is 10.9. The molecule has 0 aromatic carbocycles. The minimum Gasteiger partial charge on any atom is -0.468 e. The van der Waals surface area contributed by atoms with E-state index in [2.05, 4.69) is 0 Å². The molecule has 14 heavy (non-hydrogen) atoms.